The summed E-state index contributed by atoms with van der Waals surface area (Å²) in [6, 6.07) is 16.1. The fraction of sp³-hybridized carbons (Fsp3) is 0.333. The van der Waals surface area contributed by atoms with Gasteiger partial charge in [0.1, 0.15) is 22.9 Å². The standard InChI is InChI=1S/C27H31FO3/c1-17(16-21-10-8-7-9-11-21)27(29,22-12-14-23(28)15-13-22)24-20(4)25(30-5)18(2)19(3)26(24)31-6/h7-15,17,29H,16H2,1-6H3. The molecule has 0 aliphatic heterocycles. The highest BCUT2D eigenvalue weighted by molar-refractivity contribution is 5.62. The van der Waals surface area contributed by atoms with Crippen LogP contribution < -0.4 is 9.47 Å². The Morgan fingerprint density at radius 2 is 1.39 bits per heavy atom. The van der Waals surface area contributed by atoms with Crippen molar-refractivity contribution in [1.29, 1.82) is 0 Å². The van der Waals surface area contributed by atoms with Crippen molar-refractivity contribution in [2.75, 3.05) is 14.2 Å². The van der Waals surface area contributed by atoms with E-state index in [2.05, 4.69) is 0 Å². The van der Waals surface area contributed by atoms with E-state index in [0.29, 0.717) is 23.3 Å². The number of halogens is 1. The van der Waals surface area contributed by atoms with Crippen molar-refractivity contribution in [3.05, 3.63) is 93.8 Å². The van der Waals surface area contributed by atoms with Crippen molar-refractivity contribution in [3.8, 4) is 11.5 Å². The van der Waals surface area contributed by atoms with Crippen molar-refractivity contribution >= 4 is 0 Å². The van der Waals surface area contributed by atoms with Gasteiger partial charge in [-0.05, 0) is 67.5 Å². The average Bonchev–Trinajstić information content (AvgIpc) is 2.77. The molecule has 3 aromatic rings. The lowest BCUT2D eigenvalue weighted by molar-refractivity contribution is 0.0208. The van der Waals surface area contributed by atoms with Gasteiger partial charge in [-0.2, -0.15) is 0 Å². The smallest absolute Gasteiger partial charge is 0.129 e. The monoisotopic (exact) mass is 422 g/mol. The molecular formula is C27H31FO3. The van der Waals surface area contributed by atoms with E-state index in [9.17, 15) is 9.50 Å². The van der Waals surface area contributed by atoms with Crippen molar-refractivity contribution in [2.45, 2.75) is 39.7 Å². The highest BCUT2D eigenvalue weighted by Gasteiger charge is 2.43. The maximum absolute atomic E-state index is 13.8. The van der Waals surface area contributed by atoms with Gasteiger partial charge in [0, 0.05) is 11.1 Å². The molecule has 3 nitrogen and oxygen atoms in total. The van der Waals surface area contributed by atoms with E-state index in [-0.39, 0.29) is 11.7 Å². The Morgan fingerprint density at radius 3 is 1.94 bits per heavy atom. The predicted octanol–water partition coefficient (Wildman–Crippen LogP) is 5.88. The quantitative estimate of drug-likeness (QED) is 0.516. The molecule has 1 N–H and O–H groups in total. The lowest BCUT2D eigenvalue weighted by atomic mass is 9.71. The van der Waals surface area contributed by atoms with Gasteiger partial charge in [0.15, 0.2) is 0 Å². The Kier molecular flexibility index (Phi) is 6.71. The first-order valence-corrected chi connectivity index (χ1v) is 10.5. The maximum Gasteiger partial charge on any atom is 0.129 e. The summed E-state index contributed by atoms with van der Waals surface area (Å²) in [5, 5.41) is 12.4. The molecule has 0 saturated heterocycles. The number of methoxy groups -OCH3 is 2. The molecule has 0 aromatic heterocycles. The molecule has 3 aromatic carbocycles. The molecule has 0 aliphatic rings. The lowest BCUT2D eigenvalue weighted by Gasteiger charge is -2.38. The third-order valence-electron chi connectivity index (χ3n) is 6.36. The Morgan fingerprint density at radius 1 is 0.839 bits per heavy atom. The lowest BCUT2D eigenvalue weighted by Crippen LogP contribution is -2.37. The van der Waals surface area contributed by atoms with E-state index in [1.54, 1.807) is 26.4 Å². The third kappa shape index (κ3) is 4.05. The molecule has 0 bridgehead atoms. The Bertz CT molecular complexity index is 1040. The highest BCUT2D eigenvalue weighted by Crippen LogP contribution is 2.49. The molecule has 0 aliphatic carbocycles. The fourth-order valence-electron chi connectivity index (χ4n) is 4.61. The van der Waals surface area contributed by atoms with Crippen LogP contribution in [0.3, 0.4) is 0 Å². The molecule has 0 radical (unpaired) electrons. The molecule has 31 heavy (non-hydrogen) atoms. The van der Waals surface area contributed by atoms with Gasteiger partial charge >= 0.3 is 0 Å². The average molecular weight is 423 g/mol. The summed E-state index contributed by atoms with van der Waals surface area (Å²) in [4.78, 5) is 0. The molecular weight excluding hydrogens is 391 g/mol. The zero-order chi connectivity index (χ0) is 22.8. The van der Waals surface area contributed by atoms with Gasteiger partial charge in [-0.25, -0.2) is 4.39 Å². The normalized spacial score (nSPS) is 14.1. The van der Waals surface area contributed by atoms with E-state index in [1.165, 1.54) is 12.1 Å². The first-order chi connectivity index (χ1) is 14.7. The van der Waals surface area contributed by atoms with E-state index < -0.39 is 5.60 Å². The van der Waals surface area contributed by atoms with Gasteiger partial charge in [0.05, 0.1) is 14.2 Å². The van der Waals surface area contributed by atoms with E-state index in [0.717, 1.165) is 28.0 Å². The van der Waals surface area contributed by atoms with Crippen LogP contribution in [-0.2, 0) is 12.0 Å². The number of aliphatic hydroxyl groups is 1. The molecule has 4 heteroatoms. The van der Waals surface area contributed by atoms with Gasteiger partial charge in [-0.3, -0.25) is 0 Å². The summed E-state index contributed by atoms with van der Waals surface area (Å²) in [7, 11) is 3.25. The van der Waals surface area contributed by atoms with Gasteiger partial charge < -0.3 is 14.6 Å². The molecule has 2 atom stereocenters. The van der Waals surface area contributed by atoms with Crippen LogP contribution in [-0.4, -0.2) is 19.3 Å². The first-order valence-electron chi connectivity index (χ1n) is 10.5. The predicted molar refractivity (Wildman–Crippen MR) is 122 cm³/mol. The minimum Gasteiger partial charge on any atom is -0.496 e. The molecule has 0 heterocycles. The fourth-order valence-corrected chi connectivity index (χ4v) is 4.61. The van der Waals surface area contributed by atoms with Crippen molar-refractivity contribution in [1.82, 2.24) is 0 Å². The molecule has 0 spiro atoms. The van der Waals surface area contributed by atoms with Gasteiger partial charge in [-0.1, -0.05) is 49.4 Å². The molecule has 0 amide bonds. The maximum atomic E-state index is 13.8. The minimum absolute atomic E-state index is 0.236. The number of rotatable bonds is 7. The largest absolute Gasteiger partial charge is 0.496 e. The van der Waals surface area contributed by atoms with E-state index >= 15 is 0 Å². The van der Waals surface area contributed by atoms with Crippen LogP contribution in [0.5, 0.6) is 11.5 Å². The van der Waals surface area contributed by atoms with Gasteiger partial charge in [-0.15, -0.1) is 0 Å². The number of hydrogen-bond donors (Lipinski definition) is 1. The van der Waals surface area contributed by atoms with Crippen molar-refractivity contribution in [3.63, 3.8) is 0 Å². The van der Waals surface area contributed by atoms with Crippen LogP contribution in [0.4, 0.5) is 4.39 Å². The second kappa shape index (κ2) is 9.11. The van der Waals surface area contributed by atoms with Crippen molar-refractivity contribution in [2.24, 2.45) is 5.92 Å². The summed E-state index contributed by atoms with van der Waals surface area (Å²) in [6.45, 7) is 7.90. The molecule has 0 fully saturated rings. The summed E-state index contributed by atoms with van der Waals surface area (Å²) < 4.78 is 25.3. The van der Waals surface area contributed by atoms with Crippen LogP contribution >= 0.6 is 0 Å². The van der Waals surface area contributed by atoms with Crippen LogP contribution in [0, 0.1) is 32.5 Å². The Labute approximate surface area is 184 Å². The van der Waals surface area contributed by atoms with E-state index in [1.807, 2.05) is 58.0 Å². The molecule has 0 saturated carbocycles. The van der Waals surface area contributed by atoms with Crippen LogP contribution in [0.1, 0.15) is 40.3 Å². The van der Waals surface area contributed by atoms with Crippen molar-refractivity contribution < 1.29 is 19.0 Å². The minimum atomic E-state index is -1.43. The SMILES string of the molecule is COc1c(C)c(C)c(OC)c(C(O)(c2ccc(F)cc2)C(C)Cc2ccccc2)c1C. The molecule has 164 valence electrons. The van der Waals surface area contributed by atoms with Crippen LogP contribution in [0.25, 0.3) is 0 Å². The summed E-state index contributed by atoms with van der Waals surface area (Å²) in [6.07, 6.45) is 0.631. The first kappa shape index (κ1) is 22.8. The molecule has 2 unspecified atom stereocenters. The summed E-state index contributed by atoms with van der Waals surface area (Å²) >= 11 is 0. The number of ether oxygens (including phenoxy) is 2. The van der Waals surface area contributed by atoms with E-state index in [4.69, 9.17) is 9.47 Å². The topological polar surface area (TPSA) is 38.7 Å². The third-order valence-corrected chi connectivity index (χ3v) is 6.36. The Balaban J connectivity index is 2.31. The second-order valence-electron chi connectivity index (χ2n) is 8.18. The second-order valence-corrected chi connectivity index (χ2v) is 8.18. The van der Waals surface area contributed by atoms with Crippen LogP contribution in [0.2, 0.25) is 0 Å². The Hall–Kier alpha value is -2.85. The van der Waals surface area contributed by atoms with Gasteiger partial charge in [0.2, 0.25) is 0 Å². The van der Waals surface area contributed by atoms with Crippen LogP contribution in [0.15, 0.2) is 54.6 Å². The number of hydrogen-bond acceptors (Lipinski definition) is 3. The highest BCUT2D eigenvalue weighted by atomic mass is 19.1. The summed E-state index contributed by atoms with van der Waals surface area (Å²) in [5.74, 6) is 0.770. The number of benzene rings is 3. The molecule has 3 rings (SSSR count). The zero-order valence-corrected chi connectivity index (χ0v) is 19.1. The summed E-state index contributed by atoms with van der Waals surface area (Å²) in [5.41, 5.74) is 3.65. The zero-order valence-electron chi connectivity index (χ0n) is 19.1. The van der Waals surface area contributed by atoms with Gasteiger partial charge in [0.25, 0.3) is 0 Å².